The maximum absolute atomic E-state index is 13.0. The van der Waals surface area contributed by atoms with E-state index in [2.05, 4.69) is 20.7 Å². The van der Waals surface area contributed by atoms with Crippen molar-refractivity contribution < 1.29 is 17.7 Å². The Morgan fingerprint density at radius 2 is 1.63 bits per heavy atom. The lowest BCUT2D eigenvalue weighted by molar-refractivity contribution is -0.153. The minimum absolute atomic E-state index is 0.0355. The van der Waals surface area contributed by atoms with Crippen molar-refractivity contribution in [1.82, 2.24) is 4.72 Å². The number of nitrogens with one attached hydrogen (secondary N) is 1. The van der Waals surface area contributed by atoms with Gasteiger partial charge in [-0.1, -0.05) is 28.1 Å². The molecule has 0 aliphatic rings. The van der Waals surface area contributed by atoms with Gasteiger partial charge < -0.3 is 4.55 Å². The molecule has 0 spiro atoms. The first-order chi connectivity index (χ1) is 8.51. The van der Waals surface area contributed by atoms with Crippen LogP contribution in [0.3, 0.4) is 0 Å². The first kappa shape index (κ1) is 16.8. The van der Waals surface area contributed by atoms with Gasteiger partial charge in [0, 0.05) is 15.8 Å². The molecule has 1 aromatic rings. The molecule has 0 heterocycles. The van der Waals surface area contributed by atoms with Gasteiger partial charge in [-0.2, -0.15) is 13.2 Å². The topological polar surface area (TPSA) is 35.1 Å². The SMILES string of the molecule is CC(C)(C)[S@@+]([O-])NC(c1ccc(Br)cc1)C(F)(F)F. The van der Waals surface area contributed by atoms with Crippen molar-refractivity contribution in [2.24, 2.45) is 0 Å². The Bertz CT molecular complexity index is 416. The van der Waals surface area contributed by atoms with E-state index in [4.69, 9.17) is 0 Å². The van der Waals surface area contributed by atoms with Gasteiger partial charge in [0.05, 0.1) is 0 Å². The summed E-state index contributed by atoms with van der Waals surface area (Å²) in [7, 11) is 0. The van der Waals surface area contributed by atoms with E-state index in [0.29, 0.717) is 4.47 Å². The van der Waals surface area contributed by atoms with Crippen LogP contribution in [0.4, 0.5) is 13.2 Å². The van der Waals surface area contributed by atoms with Crippen LogP contribution in [0.5, 0.6) is 0 Å². The Labute approximate surface area is 122 Å². The summed E-state index contributed by atoms with van der Waals surface area (Å²) in [4.78, 5) is 0. The minimum atomic E-state index is -4.51. The number of hydrogen-bond donors (Lipinski definition) is 1. The van der Waals surface area contributed by atoms with Crippen molar-refractivity contribution in [3.8, 4) is 0 Å². The summed E-state index contributed by atoms with van der Waals surface area (Å²) in [6, 6.07) is 3.82. The molecular formula is C12H15BrF3NOS. The number of alkyl halides is 3. The summed E-state index contributed by atoms with van der Waals surface area (Å²) >= 11 is 1.36. The molecule has 0 bridgehead atoms. The summed E-state index contributed by atoms with van der Waals surface area (Å²) < 4.78 is 53.1. The first-order valence-corrected chi connectivity index (χ1v) is 7.46. The molecule has 7 heteroatoms. The second-order valence-electron chi connectivity index (χ2n) is 5.03. The van der Waals surface area contributed by atoms with Gasteiger partial charge in [0.25, 0.3) is 0 Å². The predicted molar refractivity (Wildman–Crippen MR) is 74.0 cm³/mol. The Morgan fingerprint density at radius 1 is 1.16 bits per heavy atom. The standard InChI is InChI=1S/C12H15BrF3NOS/c1-11(2,3)19(18)17-10(12(14,15)16)8-4-6-9(13)7-5-8/h4-7,10,17H,1-3H3/t10?,19-/m1/s1. The average Bonchev–Trinajstić information content (AvgIpc) is 2.24. The number of rotatable bonds is 3. The molecular weight excluding hydrogens is 343 g/mol. The fourth-order valence-electron chi connectivity index (χ4n) is 1.26. The monoisotopic (exact) mass is 357 g/mol. The summed E-state index contributed by atoms with van der Waals surface area (Å²) in [5.41, 5.74) is 0.0355. The highest BCUT2D eigenvalue weighted by molar-refractivity contribution is 9.10. The van der Waals surface area contributed by atoms with E-state index < -0.39 is 28.3 Å². The van der Waals surface area contributed by atoms with Gasteiger partial charge in [-0.25, -0.2) is 0 Å². The lowest BCUT2D eigenvalue weighted by Crippen LogP contribution is -2.45. The Balaban J connectivity index is 3.00. The fraction of sp³-hybridized carbons (Fsp3) is 0.500. The van der Waals surface area contributed by atoms with E-state index in [9.17, 15) is 17.7 Å². The summed E-state index contributed by atoms with van der Waals surface area (Å²) in [6.07, 6.45) is -4.51. The van der Waals surface area contributed by atoms with Crippen LogP contribution in [-0.4, -0.2) is 15.5 Å². The Hall–Kier alpha value is -0.240. The molecule has 0 aliphatic heterocycles. The summed E-state index contributed by atoms with van der Waals surface area (Å²) in [5.74, 6) is 0. The molecule has 0 saturated heterocycles. The van der Waals surface area contributed by atoms with Crippen LogP contribution in [0.1, 0.15) is 32.4 Å². The van der Waals surface area contributed by atoms with Crippen molar-refractivity contribution in [3.05, 3.63) is 34.3 Å². The smallest absolute Gasteiger partial charge is 0.412 e. The molecule has 108 valence electrons. The van der Waals surface area contributed by atoms with Crippen molar-refractivity contribution in [1.29, 1.82) is 0 Å². The van der Waals surface area contributed by atoms with Gasteiger partial charge in [0.1, 0.15) is 4.75 Å². The quantitative estimate of drug-likeness (QED) is 0.826. The van der Waals surface area contributed by atoms with Crippen LogP contribution in [0.25, 0.3) is 0 Å². The molecule has 1 N–H and O–H groups in total. The van der Waals surface area contributed by atoms with Crippen molar-refractivity contribution in [2.75, 3.05) is 0 Å². The number of benzene rings is 1. The molecule has 1 aromatic carbocycles. The van der Waals surface area contributed by atoms with E-state index in [1.54, 1.807) is 20.8 Å². The van der Waals surface area contributed by atoms with Crippen molar-refractivity contribution in [3.63, 3.8) is 0 Å². The third-order valence-electron chi connectivity index (χ3n) is 2.31. The maximum Gasteiger partial charge on any atom is 0.412 e. The second-order valence-corrected chi connectivity index (χ2v) is 7.94. The van der Waals surface area contributed by atoms with Gasteiger partial charge in [0.15, 0.2) is 6.04 Å². The normalized spacial score (nSPS) is 16.2. The van der Waals surface area contributed by atoms with Crippen LogP contribution >= 0.6 is 15.9 Å². The summed E-state index contributed by atoms with van der Waals surface area (Å²) in [6.45, 7) is 4.85. The molecule has 1 unspecified atom stereocenters. The zero-order chi connectivity index (χ0) is 14.8. The van der Waals surface area contributed by atoms with E-state index >= 15 is 0 Å². The van der Waals surface area contributed by atoms with Gasteiger partial charge in [-0.3, -0.25) is 0 Å². The van der Waals surface area contributed by atoms with Gasteiger partial charge in [-0.05, 0) is 38.5 Å². The third kappa shape index (κ3) is 4.98. The van der Waals surface area contributed by atoms with Gasteiger partial charge in [0.2, 0.25) is 0 Å². The largest absolute Gasteiger partial charge is 0.598 e. The van der Waals surface area contributed by atoms with Gasteiger partial charge >= 0.3 is 6.18 Å². The first-order valence-electron chi connectivity index (χ1n) is 5.52. The molecule has 0 radical (unpaired) electrons. The van der Waals surface area contributed by atoms with E-state index in [-0.39, 0.29) is 5.56 Å². The highest BCUT2D eigenvalue weighted by Gasteiger charge is 2.45. The van der Waals surface area contributed by atoms with Crippen LogP contribution in [0, 0.1) is 0 Å². The highest BCUT2D eigenvalue weighted by atomic mass is 79.9. The molecule has 19 heavy (non-hydrogen) atoms. The average molecular weight is 358 g/mol. The zero-order valence-corrected chi connectivity index (χ0v) is 13.1. The maximum atomic E-state index is 13.0. The Kier molecular flexibility index (Phi) is 5.34. The highest BCUT2D eigenvalue weighted by Crippen LogP contribution is 2.34. The molecule has 2 nitrogen and oxygen atoms in total. The molecule has 0 aromatic heterocycles. The third-order valence-corrected chi connectivity index (χ3v) is 4.40. The molecule has 2 atom stereocenters. The Morgan fingerprint density at radius 3 is 2.00 bits per heavy atom. The fourth-order valence-corrected chi connectivity index (χ4v) is 2.36. The van der Waals surface area contributed by atoms with E-state index in [1.807, 2.05) is 0 Å². The second kappa shape index (κ2) is 6.03. The lowest BCUT2D eigenvalue weighted by atomic mass is 10.1. The van der Waals surface area contributed by atoms with E-state index in [0.717, 1.165) is 0 Å². The molecule has 0 fully saturated rings. The lowest BCUT2D eigenvalue weighted by Gasteiger charge is -2.29. The molecule has 0 aliphatic carbocycles. The van der Waals surface area contributed by atoms with Gasteiger partial charge in [-0.15, -0.1) is 4.72 Å². The van der Waals surface area contributed by atoms with Crippen LogP contribution in [0.15, 0.2) is 28.7 Å². The number of hydrogen-bond acceptors (Lipinski definition) is 2. The molecule has 0 saturated carbocycles. The molecule has 1 rings (SSSR count). The molecule has 0 amide bonds. The number of halogens is 4. The van der Waals surface area contributed by atoms with Crippen LogP contribution in [0.2, 0.25) is 0 Å². The van der Waals surface area contributed by atoms with E-state index in [1.165, 1.54) is 24.3 Å². The van der Waals surface area contributed by atoms with Crippen molar-refractivity contribution in [2.45, 2.75) is 37.7 Å². The summed E-state index contributed by atoms with van der Waals surface area (Å²) in [5, 5.41) is 0. The predicted octanol–water partition coefficient (Wildman–Crippen LogP) is 4.10. The van der Waals surface area contributed by atoms with Crippen LogP contribution < -0.4 is 4.72 Å². The minimum Gasteiger partial charge on any atom is -0.598 e. The zero-order valence-electron chi connectivity index (χ0n) is 10.7. The van der Waals surface area contributed by atoms with Crippen molar-refractivity contribution >= 4 is 27.3 Å². The van der Waals surface area contributed by atoms with Crippen LogP contribution in [-0.2, 0) is 11.4 Å².